The lowest BCUT2D eigenvalue weighted by Gasteiger charge is -2.31. The topological polar surface area (TPSA) is 55.6 Å². The Balaban J connectivity index is 1.58. The molecular formula is C20H18F2N2O3. The van der Waals surface area contributed by atoms with E-state index >= 15 is 0 Å². The Kier molecular flexibility index (Phi) is 3.48. The summed E-state index contributed by atoms with van der Waals surface area (Å²) in [4.78, 5) is 18.3. The van der Waals surface area contributed by atoms with Crippen molar-refractivity contribution >= 4 is 16.9 Å². The van der Waals surface area contributed by atoms with Crippen molar-refractivity contribution in [2.45, 2.75) is 18.8 Å². The lowest BCUT2D eigenvalue weighted by molar-refractivity contribution is -0.0494. The molecule has 1 aromatic carbocycles. The molecule has 3 heterocycles. The third-order valence-corrected chi connectivity index (χ3v) is 4.72. The molecule has 2 aromatic heterocycles. The summed E-state index contributed by atoms with van der Waals surface area (Å²) in [5.41, 5.74) is 1.69. The fraction of sp³-hybridized carbons (Fsp3) is 0.300. The molecule has 1 amide bonds. The van der Waals surface area contributed by atoms with Gasteiger partial charge in [-0.05, 0) is 30.3 Å². The van der Waals surface area contributed by atoms with E-state index in [9.17, 15) is 13.6 Å². The van der Waals surface area contributed by atoms with Crippen LogP contribution in [-0.4, -0.2) is 41.8 Å². The first-order chi connectivity index (χ1) is 14.1. The van der Waals surface area contributed by atoms with Gasteiger partial charge in [-0.3, -0.25) is 9.78 Å². The van der Waals surface area contributed by atoms with Crippen molar-refractivity contribution in [1.29, 1.82) is 0 Å². The maximum Gasteiger partial charge on any atom is 0.255 e. The summed E-state index contributed by atoms with van der Waals surface area (Å²) in [5.74, 6) is -3.01. The standard InChI is InChI=1S/C20H18F2N2O3/c1-26-17-11-15(10-13-4-9-27-18(13)17)16-3-2-14(12-23-16)19(25)24-7-5-20(21,22)6-8-24/h2-4,9-12H,5-8H2,1H3/i1D3. The Morgan fingerprint density at radius 1 is 1.30 bits per heavy atom. The van der Waals surface area contributed by atoms with Gasteiger partial charge >= 0.3 is 0 Å². The van der Waals surface area contributed by atoms with E-state index in [0.29, 0.717) is 27.8 Å². The number of alkyl halides is 2. The Bertz CT molecular complexity index is 1070. The number of benzene rings is 1. The third-order valence-electron chi connectivity index (χ3n) is 4.72. The van der Waals surface area contributed by atoms with E-state index in [0.717, 1.165) is 0 Å². The molecule has 1 saturated heterocycles. The highest BCUT2D eigenvalue weighted by molar-refractivity contribution is 5.94. The number of ether oxygens (including phenoxy) is 1. The molecule has 0 atom stereocenters. The van der Waals surface area contributed by atoms with Gasteiger partial charge in [0.15, 0.2) is 11.3 Å². The number of furan rings is 1. The number of carbonyl (C=O) groups is 1. The maximum atomic E-state index is 13.3. The van der Waals surface area contributed by atoms with Crippen molar-refractivity contribution < 1.29 is 26.8 Å². The Labute approximate surface area is 158 Å². The van der Waals surface area contributed by atoms with Crippen molar-refractivity contribution in [1.82, 2.24) is 9.88 Å². The zero-order chi connectivity index (χ0) is 21.5. The molecule has 0 bridgehead atoms. The largest absolute Gasteiger partial charge is 0.493 e. The lowest BCUT2D eigenvalue weighted by Crippen LogP contribution is -2.42. The molecule has 1 aliphatic heterocycles. The zero-order valence-corrected chi connectivity index (χ0v) is 14.2. The van der Waals surface area contributed by atoms with Gasteiger partial charge in [0.05, 0.1) is 28.7 Å². The quantitative estimate of drug-likeness (QED) is 0.682. The molecular weight excluding hydrogens is 354 g/mol. The number of hydrogen-bond donors (Lipinski definition) is 0. The number of methoxy groups -OCH3 is 1. The molecule has 0 spiro atoms. The molecule has 0 unspecified atom stereocenters. The number of hydrogen-bond acceptors (Lipinski definition) is 4. The normalized spacial score (nSPS) is 18.6. The van der Waals surface area contributed by atoms with Crippen LogP contribution in [0.4, 0.5) is 8.78 Å². The first-order valence-electron chi connectivity index (χ1n) is 9.95. The van der Waals surface area contributed by atoms with E-state index in [-0.39, 0.29) is 37.6 Å². The van der Waals surface area contributed by atoms with Crippen LogP contribution in [0.5, 0.6) is 5.75 Å². The second-order valence-electron chi connectivity index (χ2n) is 6.50. The summed E-state index contributed by atoms with van der Waals surface area (Å²) >= 11 is 0. The van der Waals surface area contributed by atoms with Crippen LogP contribution in [0.3, 0.4) is 0 Å². The van der Waals surface area contributed by atoms with Crippen LogP contribution in [0.1, 0.15) is 27.3 Å². The van der Waals surface area contributed by atoms with E-state index in [1.54, 1.807) is 24.3 Å². The van der Waals surface area contributed by atoms with Crippen LogP contribution in [-0.2, 0) is 0 Å². The summed E-state index contributed by atoms with van der Waals surface area (Å²) in [7, 11) is -2.65. The summed E-state index contributed by atoms with van der Waals surface area (Å²) in [6.45, 7) is 0.00112. The highest BCUT2D eigenvalue weighted by Crippen LogP contribution is 2.33. The number of amides is 1. The van der Waals surface area contributed by atoms with Crippen molar-refractivity contribution in [2.75, 3.05) is 20.1 Å². The molecule has 7 heteroatoms. The summed E-state index contributed by atoms with van der Waals surface area (Å²) in [6, 6.07) is 8.14. The second-order valence-corrected chi connectivity index (χ2v) is 6.50. The fourth-order valence-electron chi connectivity index (χ4n) is 3.18. The molecule has 0 N–H and O–H groups in total. The number of aromatic nitrogens is 1. The van der Waals surface area contributed by atoms with Gasteiger partial charge in [0.25, 0.3) is 11.8 Å². The van der Waals surface area contributed by atoms with Crippen molar-refractivity contribution in [2.24, 2.45) is 0 Å². The number of rotatable bonds is 3. The van der Waals surface area contributed by atoms with E-state index < -0.39 is 13.0 Å². The van der Waals surface area contributed by atoms with Gasteiger partial charge in [0.1, 0.15) is 0 Å². The minimum atomic E-state index is -2.72. The molecule has 1 fully saturated rings. The molecule has 3 aromatic rings. The Hall–Kier alpha value is -2.96. The minimum Gasteiger partial charge on any atom is -0.493 e. The van der Waals surface area contributed by atoms with Crippen LogP contribution >= 0.6 is 0 Å². The SMILES string of the molecule is [2H]C([2H])([2H])Oc1cc(-c2ccc(C(=O)N3CCC(F)(F)CC3)cn2)cc2ccoc12. The number of halogens is 2. The van der Waals surface area contributed by atoms with Crippen LogP contribution < -0.4 is 4.74 Å². The van der Waals surface area contributed by atoms with E-state index in [1.165, 1.54) is 23.4 Å². The average molecular weight is 375 g/mol. The second kappa shape index (κ2) is 6.64. The van der Waals surface area contributed by atoms with Gasteiger partial charge < -0.3 is 14.1 Å². The number of piperidine rings is 1. The predicted molar refractivity (Wildman–Crippen MR) is 96.1 cm³/mol. The van der Waals surface area contributed by atoms with E-state index in [4.69, 9.17) is 13.3 Å². The van der Waals surface area contributed by atoms with Crippen LogP contribution in [0.25, 0.3) is 22.2 Å². The molecule has 4 rings (SSSR count). The number of nitrogens with zero attached hydrogens (tertiary/aromatic N) is 2. The first-order valence-corrected chi connectivity index (χ1v) is 8.45. The van der Waals surface area contributed by atoms with Gasteiger partial charge in [-0.25, -0.2) is 8.78 Å². The van der Waals surface area contributed by atoms with Gasteiger partial charge in [-0.1, -0.05) is 0 Å². The third kappa shape index (κ3) is 3.37. The molecule has 0 radical (unpaired) electrons. The molecule has 0 aliphatic carbocycles. The van der Waals surface area contributed by atoms with Crippen LogP contribution in [0, 0.1) is 0 Å². The molecule has 5 nitrogen and oxygen atoms in total. The molecule has 27 heavy (non-hydrogen) atoms. The van der Waals surface area contributed by atoms with Gasteiger partial charge in [0.2, 0.25) is 0 Å². The number of carbonyl (C=O) groups excluding carboxylic acids is 1. The molecule has 140 valence electrons. The van der Waals surface area contributed by atoms with Gasteiger partial charge in [-0.15, -0.1) is 0 Å². The summed E-state index contributed by atoms with van der Waals surface area (Å²) in [5, 5.41) is 0.642. The van der Waals surface area contributed by atoms with E-state index in [1.807, 2.05) is 0 Å². The summed E-state index contributed by atoms with van der Waals surface area (Å²) in [6.07, 6.45) is 2.12. The number of fused-ring (bicyclic) bond motifs is 1. The number of likely N-dealkylation sites (tertiary alicyclic amines) is 1. The smallest absolute Gasteiger partial charge is 0.255 e. The number of pyridine rings is 1. The maximum absolute atomic E-state index is 13.3. The monoisotopic (exact) mass is 375 g/mol. The Morgan fingerprint density at radius 2 is 2.11 bits per heavy atom. The van der Waals surface area contributed by atoms with Crippen molar-refractivity contribution in [3.8, 4) is 17.0 Å². The van der Waals surface area contributed by atoms with Crippen molar-refractivity contribution in [3.05, 3.63) is 48.4 Å². The van der Waals surface area contributed by atoms with Crippen molar-refractivity contribution in [3.63, 3.8) is 0 Å². The van der Waals surface area contributed by atoms with Gasteiger partial charge in [-0.2, -0.15) is 0 Å². The summed E-state index contributed by atoms with van der Waals surface area (Å²) < 4.78 is 59.0. The highest BCUT2D eigenvalue weighted by Gasteiger charge is 2.35. The predicted octanol–water partition coefficient (Wildman–Crippen LogP) is 4.37. The molecule has 1 aliphatic rings. The fourth-order valence-corrected chi connectivity index (χ4v) is 3.18. The average Bonchev–Trinajstić information content (AvgIpc) is 3.15. The molecule has 0 saturated carbocycles. The van der Waals surface area contributed by atoms with Crippen LogP contribution in [0.2, 0.25) is 0 Å². The highest BCUT2D eigenvalue weighted by atomic mass is 19.3. The van der Waals surface area contributed by atoms with Crippen LogP contribution in [0.15, 0.2) is 47.2 Å². The minimum absolute atomic E-state index is 0.000559. The van der Waals surface area contributed by atoms with Gasteiger partial charge in [0, 0.05) is 43.1 Å². The lowest BCUT2D eigenvalue weighted by atomic mass is 10.1. The Morgan fingerprint density at radius 3 is 2.81 bits per heavy atom. The van der Waals surface area contributed by atoms with E-state index in [2.05, 4.69) is 4.98 Å². The zero-order valence-electron chi connectivity index (χ0n) is 17.2. The first kappa shape index (κ1) is 14.1.